The van der Waals surface area contributed by atoms with Crippen LogP contribution in [0.2, 0.25) is 0 Å². The Labute approximate surface area is 105 Å². The van der Waals surface area contributed by atoms with Gasteiger partial charge in [-0.05, 0) is 25.8 Å². The lowest BCUT2D eigenvalue weighted by molar-refractivity contribution is -0.117. The molecule has 1 atom stereocenters. The summed E-state index contributed by atoms with van der Waals surface area (Å²) in [4.78, 5) is 13.9. The van der Waals surface area contributed by atoms with Gasteiger partial charge >= 0.3 is 0 Å². The van der Waals surface area contributed by atoms with Crippen molar-refractivity contribution in [3.8, 4) is 0 Å². The first kappa shape index (κ1) is 13.0. The minimum Gasteiger partial charge on any atom is -0.380 e. The first-order chi connectivity index (χ1) is 8.29. The average Bonchev–Trinajstić information content (AvgIpc) is 2.86. The predicted molar refractivity (Wildman–Crippen MR) is 68.1 cm³/mol. The smallest absolute Gasteiger partial charge is 0.129 e. The fourth-order valence-electron chi connectivity index (χ4n) is 3.23. The van der Waals surface area contributed by atoms with Gasteiger partial charge in [0.05, 0.1) is 12.0 Å². The Morgan fingerprint density at radius 3 is 2.65 bits per heavy atom. The highest BCUT2D eigenvalue weighted by atomic mass is 16.5. The molecule has 0 amide bonds. The molecule has 0 spiro atoms. The second-order valence-electron chi connectivity index (χ2n) is 5.64. The average molecular weight is 239 g/mol. The second kappa shape index (κ2) is 5.96. The van der Waals surface area contributed by atoms with Crippen LogP contribution in [0.15, 0.2) is 0 Å². The molecule has 17 heavy (non-hydrogen) atoms. The lowest BCUT2D eigenvalue weighted by Gasteiger charge is -2.37. The van der Waals surface area contributed by atoms with Crippen molar-refractivity contribution in [2.75, 3.05) is 26.3 Å². The van der Waals surface area contributed by atoms with Crippen LogP contribution < -0.4 is 0 Å². The van der Waals surface area contributed by atoms with Gasteiger partial charge in [-0.1, -0.05) is 26.2 Å². The van der Waals surface area contributed by atoms with Crippen molar-refractivity contribution in [2.24, 2.45) is 5.41 Å². The number of rotatable bonds is 5. The molecule has 2 fully saturated rings. The molecule has 1 saturated heterocycles. The van der Waals surface area contributed by atoms with Crippen molar-refractivity contribution >= 4 is 6.29 Å². The van der Waals surface area contributed by atoms with Gasteiger partial charge in [0.1, 0.15) is 6.29 Å². The van der Waals surface area contributed by atoms with Crippen LogP contribution >= 0.6 is 0 Å². The van der Waals surface area contributed by atoms with E-state index in [9.17, 15) is 4.79 Å². The number of hydrogen-bond donors (Lipinski definition) is 0. The second-order valence-corrected chi connectivity index (χ2v) is 5.64. The van der Waals surface area contributed by atoms with Crippen LogP contribution in [0, 0.1) is 5.41 Å². The first-order valence-electron chi connectivity index (χ1n) is 7.08. The first-order valence-corrected chi connectivity index (χ1v) is 7.08. The van der Waals surface area contributed by atoms with E-state index in [0.29, 0.717) is 12.6 Å². The summed E-state index contributed by atoms with van der Waals surface area (Å²) in [7, 11) is 0. The van der Waals surface area contributed by atoms with Gasteiger partial charge in [-0.25, -0.2) is 0 Å². The van der Waals surface area contributed by atoms with Gasteiger partial charge in [0, 0.05) is 19.2 Å². The molecule has 0 aromatic carbocycles. The van der Waals surface area contributed by atoms with Crippen LogP contribution in [-0.2, 0) is 9.53 Å². The van der Waals surface area contributed by atoms with Gasteiger partial charge in [-0.2, -0.15) is 0 Å². The molecular formula is C14H25NO2. The summed E-state index contributed by atoms with van der Waals surface area (Å²) < 4.78 is 5.43. The van der Waals surface area contributed by atoms with E-state index in [-0.39, 0.29) is 5.41 Å². The van der Waals surface area contributed by atoms with Crippen LogP contribution in [0.1, 0.15) is 45.4 Å². The summed E-state index contributed by atoms with van der Waals surface area (Å²) in [6.45, 7) is 5.54. The number of carbonyl (C=O) groups excluding carboxylic acids is 1. The van der Waals surface area contributed by atoms with Crippen molar-refractivity contribution in [3.05, 3.63) is 0 Å². The Balaban J connectivity index is 1.95. The number of hydrogen-bond acceptors (Lipinski definition) is 3. The summed E-state index contributed by atoms with van der Waals surface area (Å²) in [6, 6.07) is 0.700. The zero-order chi connectivity index (χ0) is 12.1. The molecule has 2 aliphatic rings. The number of nitrogens with zero attached hydrogens (tertiary/aromatic N) is 1. The summed E-state index contributed by atoms with van der Waals surface area (Å²) >= 11 is 0. The molecule has 0 N–H and O–H groups in total. The molecule has 3 heteroatoms. The monoisotopic (exact) mass is 239 g/mol. The largest absolute Gasteiger partial charge is 0.380 e. The van der Waals surface area contributed by atoms with E-state index >= 15 is 0 Å². The number of carbonyl (C=O) groups is 1. The Morgan fingerprint density at radius 1 is 1.35 bits per heavy atom. The van der Waals surface area contributed by atoms with Crippen LogP contribution in [0.4, 0.5) is 0 Å². The summed E-state index contributed by atoms with van der Waals surface area (Å²) in [5.41, 5.74) is -0.215. The molecule has 1 unspecified atom stereocenters. The van der Waals surface area contributed by atoms with Gasteiger partial charge in [-0.15, -0.1) is 0 Å². The normalized spacial score (nSPS) is 30.9. The van der Waals surface area contributed by atoms with Crippen molar-refractivity contribution < 1.29 is 9.53 Å². The number of aldehydes is 1. The van der Waals surface area contributed by atoms with E-state index in [1.165, 1.54) is 32.1 Å². The van der Waals surface area contributed by atoms with Crippen molar-refractivity contribution in [3.63, 3.8) is 0 Å². The maximum absolute atomic E-state index is 11.4. The third-order valence-corrected chi connectivity index (χ3v) is 4.40. The third kappa shape index (κ3) is 3.08. The maximum Gasteiger partial charge on any atom is 0.129 e. The predicted octanol–water partition coefficient (Wildman–Crippen LogP) is 2.25. The van der Waals surface area contributed by atoms with E-state index in [4.69, 9.17) is 4.74 Å². The molecular weight excluding hydrogens is 214 g/mol. The molecule has 1 saturated carbocycles. The zero-order valence-corrected chi connectivity index (χ0v) is 11.0. The van der Waals surface area contributed by atoms with Gasteiger partial charge < -0.3 is 9.53 Å². The SMILES string of the molecule is CCN(CC1(C=O)CCOC1)C1CCCCC1. The fraction of sp³-hybridized carbons (Fsp3) is 0.929. The highest BCUT2D eigenvalue weighted by Gasteiger charge is 2.37. The molecule has 0 aromatic rings. The molecule has 1 heterocycles. The van der Waals surface area contributed by atoms with E-state index in [1.54, 1.807) is 0 Å². The van der Waals surface area contributed by atoms with E-state index in [1.807, 2.05) is 0 Å². The number of ether oxygens (including phenoxy) is 1. The quantitative estimate of drug-likeness (QED) is 0.689. The Hall–Kier alpha value is -0.410. The van der Waals surface area contributed by atoms with E-state index in [0.717, 1.165) is 32.4 Å². The minimum absolute atomic E-state index is 0.215. The highest BCUT2D eigenvalue weighted by molar-refractivity contribution is 5.60. The van der Waals surface area contributed by atoms with Crippen LogP contribution in [0.3, 0.4) is 0 Å². The highest BCUT2D eigenvalue weighted by Crippen LogP contribution is 2.30. The fourth-order valence-corrected chi connectivity index (χ4v) is 3.23. The summed E-state index contributed by atoms with van der Waals surface area (Å²) in [5.74, 6) is 0. The van der Waals surface area contributed by atoms with Crippen LogP contribution in [-0.4, -0.2) is 43.5 Å². The maximum atomic E-state index is 11.4. The van der Waals surface area contributed by atoms with Gasteiger partial charge in [0.15, 0.2) is 0 Å². The van der Waals surface area contributed by atoms with Crippen molar-refractivity contribution in [2.45, 2.75) is 51.5 Å². The standard InChI is InChI=1S/C14H25NO2/c1-2-15(13-6-4-3-5-7-13)10-14(11-16)8-9-17-12-14/h11,13H,2-10,12H2,1H3. The molecule has 0 radical (unpaired) electrons. The molecule has 0 bridgehead atoms. The van der Waals surface area contributed by atoms with Gasteiger partial charge in [0.25, 0.3) is 0 Å². The molecule has 2 rings (SSSR count). The Kier molecular flexibility index (Phi) is 4.57. The molecule has 0 aromatic heterocycles. The molecule has 1 aliphatic carbocycles. The minimum atomic E-state index is -0.215. The van der Waals surface area contributed by atoms with Crippen LogP contribution in [0.5, 0.6) is 0 Å². The summed E-state index contributed by atoms with van der Waals surface area (Å²) in [6.07, 6.45) is 8.76. The van der Waals surface area contributed by atoms with Crippen molar-refractivity contribution in [1.82, 2.24) is 4.90 Å². The lowest BCUT2D eigenvalue weighted by Crippen LogP contribution is -2.45. The van der Waals surface area contributed by atoms with Crippen LogP contribution in [0.25, 0.3) is 0 Å². The topological polar surface area (TPSA) is 29.5 Å². The van der Waals surface area contributed by atoms with Gasteiger partial charge in [-0.3, -0.25) is 4.90 Å². The summed E-state index contributed by atoms with van der Waals surface area (Å²) in [5, 5.41) is 0. The third-order valence-electron chi connectivity index (χ3n) is 4.40. The Bertz CT molecular complexity index is 243. The van der Waals surface area contributed by atoms with Crippen molar-refractivity contribution in [1.29, 1.82) is 0 Å². The lowest BCUT2D eigenvalue weighted by atomic mass is 9.86. The van der Waals surface area contributed by atoms with E-state index < -0.39 is 0 Å². The molecule has 98 valence electrons. The Morgan fingerprint density at radius 2 is 2.12 bits per heavy atom. The zero-order valence-electron chi connectivity index (χ0n) is 11.0. The molecule has 3 nitrogen and oxygen atoms in total. The molecule has 1 aliphatic heterocycles. The van der Waals surface area contributed by atoms with Gasteiger partial charge in [0.2, 0.25) is 0 Å². The van der Waals surface area contributed by atoms with E-state index in [2.05, 4.69) is 11.8 Å².